The fraction of sp³-hybridized carbons (Fsp3) is 0.571. The average Bonchev–Trinajstić information content (AvgIpc) is 3.01. The quantitative estimate of drug-likeness (QED) is 0.826. The van der Waals surface area contributed by atoms with E-state index in [1.165, 1.54) is 5.56 Å². The van der Waals surface area contributed by atoms with Crippen molar-refractivity contribution in [2.75, 3.05) is 6.61 Å². The van der Waals surface area contributed by atoms with Gasteiger partial charge in [-0.3, -0.25) is 0 Å². The maximum absolute atomic E-state index is 9.35. The second kappa shape index (κ2) is 4.46. The van der Waals surface area contributed by atoms with E-state index in [-0.39, 0.29) is 11.5 Å². The van der Waals surface area contributed by atoms with Crippen LogP contribution in [0.4, 0.5) is 0 Å². The van der Waals surface area contributed by atoms with E-state index < -0.39 is 0 Å². The molecule has 0 radical (unpaired) electrons. The minimum absolute atomic E-state index is 0.149. The first-order valence-corrected chi connectivity index (χ1v) is 6.01. The molecule has 0 bridgehead atoms. The van der Waals surface area contributed by atoms with Crippen molar-refractivity contribution in [2.24, 2.45) is 5.41 Å². The van der Waals surface area contributed by atoms with Crippen molar-refractivity contribution in [1.29, 1.82) is 0 Å². The summed E-state index contributed by atoms with van der Waals surface area (Å²) in [5, 5.41) is 9.35. The zero-order valence-electron chi connectivity index (χ0n) is 10.1. The topological polar surface area (TPSA) is 29.5 Å². The summed E-state index contributed by atoms with van der Waals surface area (Å²) in [5.74, 6) is 0.970. The fourth-order valence-electron chi connectivity index (χ4n) is 1.99. The van der Waals surface area contributed by atoms with Crippen molar-refractivity contribution in [3.05, 3.63) is 29.8 Å². The van der Waals surface area contributed by atoms with Gasteiger partial charge in [-0.2, -0.15) is 0 Å². The molecule has 0 spiro atoms. The summed E-state index contributed by atoms with van der Waals surface area (Å²) in [6.45, 7) is 4.37. The highest BCUT2D eigenvalue weighted by Crippen LogP contribution is 2.48. The van der Waals surface area contributed by atoms with E-state index in [4.69, 9.17) is 4.74 Å². The average molecular weight is 220 g/mol. The van der Waals surface area contributed by atoms with Crippen LogP contribution >= 0.6 is 0 Å². The molecule has 88 valence electrons. The summed E-state index contributed by atoms with van der Waals surface area (Å²) in [6.07, 6.45) is 3.41. The normalized spacial score (nSPS) is 17.5. The molecule has 0 aromatic heterocycles. The Hall–Kier alpha value is -1.02. The number of rotatable bonds is 5. The molecule has 0 unspecified atom stereocenters. The largest absolute Gasteiger partial charge is 0.491 e. The maximum Gasteiger partial charge on any atom is 0.122 e. The van der Waals surface area contributed by atoms with Crippen molar-refractivity contribution >= 4 is 0 Å². The van der Waals surface area contributed by atoms with Crippen LogP contribution in [0.15, 0.2) is 24.3 Å². The smallest absolute Gasteiger partial charge is 0.122 e. The van der Waals surface area contributed by atoms with Crippen LogP contribution in [-0.4, -0.2) is 17.8 Å². The number of aliphatic hydroxyl groups is 1. The van der Waals surface area contributed by atoms with Gasteiger partial charge < -0.3 is 9.84 Å². The van der Waals surface area contributed by atoms with E-state index in [0.717, 1.165) is 25.0 Å². The Morgan fingerprint density at radius 3 is 2.56 bits per heavy atom. The number of ether oxygens (including phenoxy) is 1. The third kappa shape index (κ3) is 2.56. The molecule has 2 nitrogen and oxygen atoms in total. The van der Waals surface area contributed by atoms with Crippen LogP contribution < -0.4 is 4.74 Å². The molecule has 1 aromatic rings. The monoisotopic (exact) mass is 220 g/mol. The molecule has 2 rings (SSSR count). The van der Waals surface area contributed by atoms with E-state index in [1.807, 2.05) is 32.0 Å². The Morgan fingerprint density at radius 2 is 2.00 bits per heavy atom. The van der Waals surface area contributed by atoms with Gasteiger partial charge >= 0.3 is 0 Å². The third-order valence-electron chi connectivity index (χ3n) is 3.19. The predicted octanol–water partition coefficient (Wildman–Crippen LogP) is 2.79. The second-order valence-electron chi connectivity index (χ2n) is 5.11. The van der Waals surface area contributed by atoms with E-state index in [0.29, 0.717) is 6.61 Å². The predicted molar refractivity (Wildman–Crippen MR) is 64.7 cm³/mol. The first kappa shape index (κ1) is 11.5. The van der Waals surface area contributed by atoms with Crippen LogP contribution in [0, 0.1) is 5.41 Å². The number of hydrogen-bond acceptors (Lipinski definition) is 2. The van der Waals surface area contributed by atoms with Gasteiger partial charge in [0, 0.05) is 6.61 Å². The Labute approximate surface area is 97.3 Å². The molecule has 0 saturated heterocycles. The lowest BCUT2D eigenvalue weighted by molar-refractivity contribution is 0.206. The molecule has 1 fully saturated rings. The van der Waals surface area contributed by atoms with Gasteiger partial charge in [-0.15, -0.1) is 0 Å². The zero-order valence-corrected chi connectivity index (χ0v) is 10.1. The minimum atomic E-state index is 0.149. The molecule has 1 aliphatic rings. The molecule has 0 atom stereocenters. The van der Waals surface area contributed by atoms with Crippen LogP contribution in [0.1, 0.15) is 32.3 Å². The lowest BCUT2D eigenvalue weighted by Crippen LogP contribution is -2.13. The van der Waals surface area contributed by atoms with E-state index in [9.17, 15) is 5.11 Å². The number of aliphatic hydroxyl groups excluding tert-OH is 1. The number of para-hydroxylation sites is 1. The van der Waals surface area contributed by atoms with Crippen LogP contribution in [0.3, 0.4) is 0 Å². The molecular weight excluding hydrogens is 200 g/mol. The Bertz CT molecular complexity index is 354. The highest BCUT2D eigenvalue weighted by Gasteiger charge is 2.42. The molecule has 2 heteroatoms. The van der Waals surface area contributed by atoms with Crippen molar-refractivity contribution < 1.29 is 9.84 Å². The van der Waals surface area contributed by atoms with Crippen LogP contribution in [0.2, 0.25) is 0 Å². The maximum atomic E-state index is 9.35. The third-order valence-corrected chi connectivity index (χ3v) is 3.19. The molecular formula is C14H20O2. The second-order valence-corrected chi connectivity index (χ2v) is 5.11. The number of benzene rings is 1. The summed E-state index contributed by atoms with van der Waals surface area (Å²) >= 11 is 0. The molecule has 1 N–H and O–H groups in total. The van der Waals surface area contributed by atoms with Gasteiger partial charge in [0.15, 0.2) is 0 Å². The van der Waals surface area contributed by atoms with E-state index in [2.05, 4.69) is 6.07 Å². The van der Waals surface area contributed by atoms with Crippen LogP contribution in [0.5, 0.6) is 5.75 Å². The Morgan fingerprint density at radius 1 is 1.31 bits per heavy atom. The standard InChI is InChI=1S/C14H20O2/c1-11(2)16-13-6-4-3-5-12(13)9-14(10-15)7-8-14/h3-6,11,15H,7-10H2,1-2H3. The molecule has 0 aliphatic heterocycles. The van der Waals surface area contributed by atoms with Crippen LogP contribution in [-0.2, 0) is 6.42 Å². The van der Waals surface area contributed by atoms with E-state index >= 15 is 0 Å². The molecule has 1 aromatic carbocycles. The van der Waals surface area contributed by atoms with Crippen molar-refractivity contribution in [3.8, 4) is 5.75 Å². The highest BCUT2D eigenvalue weighted by molar-refractivity contribution is 5.35. The Balaban J connectivity index is 2.13. The van der Waals surface area contributed by atoms with Gasteiger partial charge in [0.05, 0.1) is 6.10 Å². The molecule has 0 amide bonds. The van der Waals surface area contributed by atoms with Crippen molar-refractivity contribution in [1.82, 2.24) is 0 Å². The zero-order chi connectivity index (χ0) is 11.6. The van der Waals surface area contributed by atoms with Crippen molar-refractivity contribution in [2.45, 2.75) is 39.2 Å². The Kier molecular flexibility index (Phi) is 3.20. The SMILES string of the molecule is CC(C)Oc1ccccc1CC1(CO)CC1. The first-order chi connectivity index (χ1) is 7.65. The van der Waals surface area contributed by atoms with E-state index in [1.54, 1.807) is 0 Å². The highest BCUT2D eigenvalue weighted by atomic mass is 16.5. The number of hydrogen-bond donors (Lipinski definition) is 1. The minimum Gasteiger partial charge on any atom is -0.491 e. The van der Waals surface area contributed by atoms with Gasteiger partial charge in [0.2, 0.25) is 0 Å². The van der Waals surface area contributed by atoms with Gasteiger partial charge in [0.25, 0.3) is 0 Å². The summed E-state index contributed by atoms with van der Waals surface area (Å²) in [6, 6.07) is 8.16. The molecule has 16 heavy (non-hydrogen) atoms. The van der Waals surface area contributed by atoms with Gasteiger partial charge in [-0.1, -0.05) is 18.2 Å². The fourth-order valence-corrected chi connectivity index (χ4v) is 1.99. The van der Waals surface area contributed by atoms with Gasteiger partial charge in [-0.25, -0.2) is 0 Å². The van der Waals surface area contributed by atoms with Crippen molar-refractivity contribution in [3.63, 3.8) is 0 Å². The summed E-state index contributed by atoms with van der Waals surface area (Å²) in [4.78, 5) is 0. The summed E-state index contributed by atoms with van der Waals surface area (Å²) in [7, 11) is 0. The molecule has 1 saturated carbocycles. The molecule has 1 aliphatic carbocycles. The molecule has 0 heterocycles. The van der Waals surface area contributed by atoms with Crippen LogP contribution in [0.25, 0.3) is 0 Å². The first-order valence-electron chi connectivity index (χ1n) is 6.01. The van der Waals surface area contributed by atoms with Gasteiger partial charge in [-0.05, 0) is 50.2 Å². The summed E-state index contributed by atoms with van der Waals surface area (Å²) < 4.78 is 5.78. The summed E-state index contributed by atoms with van der Waals surface area (Å²) in [5.41, 5.74) is 1.37. The lowest BCUT2D eigenvalue weighted by atomic mass is 9.97. The lowest BCUT2D eigenvalue weighted by Gasteiger charge is -2.17. The van der Waals surface area contributed by atoms with Gasteiger partial charge in [0.1, 0.15) is 5.75 Å².